The number of halogens is 3. The van der Waals surface area contributed by atoms with E-state index in [1.165, 1.54) is 30.5 Å². The van der Waals surface area contributed by atoms with Crippen molar-refractivity contribution < 1.29 is 13.2 Å². The Kier molecular flexibility index (Phi) is 8.47. The summed E-state index contributed by atoms with van der Waals surface area (Å²) in [6, 6.07) is 21.3. The zero-order valence-corrected chi connectivity index (χ0v) is 23.5. The maximum Gasteiger partial charge on any atom is 0.264 e. The molecule has 0 aliphatic rings. The first-order chi connectivity index (χ1) is 18.1. The third-order valence-electron chi connectivity index (χ3n) is 5.76. The normalized spacial score (nSPS) is 11.6. The molecule has 7 nitrogen and oxygen atoms in total. The van der Waals surface area contributed by atoms with Crippen LogP contribution in [0, 0.1) is 13.8 Å². The summed E-state index contributed by atoms with van der Waals surface area (Å²) in [6.07, 6.45) is 1.51. The molecule has 1 aromatic heterocycles. The second kappa shape index (κ2) is 11.6. The Morgan fingerprint density at radius 3 is 2.29 bits per heavy atom. The van der Waals surface area contributed by atoms with Crippen molar-refractivity contribution in [2.24, 2.45) is 5.10 Å². The topological polar surface area (TPSA) is 83.8 Å². The third kappa shape index (κ3) is 6.05. The molecule has 0 spiro atoms. The average Bonchev–Trinajstić information content (AvgIpc) is 3.18. The van der Waals surface area contributed by atoms with Crippen LogP contribution in [0.5, 0.6) is 0 Å². The fourth-order valence-electron chi connectivity index (χ4n) is 3.92. The third-order valence-corrected chi connectivity index (χ3v) is 8.54. The van der Waals surface area contributed by atoms with Gasteiger partial charge in [-0.25, -0.2) is 13.8 Å². The van der Waals surface area contributed by atoms with Gasteiger partial charge in [0.05, 0.1) is 26.8 Å². The van der Waals surface area contributed by atoms with Crippen LogP contribution in [0.25, 0.3) is 5.69 Å². The van der Waals surface area contributed by atoms with E-state index in [2.05, 4.69) is 10.5 Å². The predicted molar refractivity (Wildman–Crippen MR) is 153 cm³/mol. The molecule has 0 aliphatic carbocycles. The van der Waals surface area contributed by atoms with Crippen LogP contribution in [0.3, 0.4) is 0 Å². The van der Waals surface area contributed by atoms with Crippen LogP contribution in [0.1, 0.15) is 17.0 Å². The number of rotatable bonds is 8. The number of carbonyl (C=O) groups is 1. The SMILES string of the molecule is Cc1cc(/C=N\NC(=O)CN(c2ccc(Cl)cc2)S(=O)(=O)c2ccccc2)c(C)n1-c1ccc(Cl)c(Cl)c1. The number of hydrogen-bond acceptors (Lipinski definition) is 4. The van der Waals surface area contributed by atoms with Crippen LogP contribution in [0.4, 0.5) is 5.69 Å². The monoisotopic (exact) mass is 588 g/mol. The van der Waals surface area contributed by atoms with E-state index in [9.17, 15) is 13.2 Å². The number of aromatic nitrogens is 1. The van der Waals surface area contributed by atoms with Crippen molar-refractivity contribution in [2.75, 3.05) is 10.8 Å². The molecule has 1 heterocycles. The Bertz CT molecular complexity index is 1600. The van der Waals surface area contributed by atoms with Crippen LogP contribution in [-0.4, -0.2) is 31.7 Å². The molecule has 4 rings (SSSR count). The van der Waals surface area contributed by atoms with E-state index >= 15 is 0 Å². The van der Waals surface area contributed by atoms with Crippen molar-refractivity contribution in [3.63, 3.8) is 0 Å². The number of nitrogens with one attached hydrogen (secondary N) is 1. The van der Waals surface area contributed by atoms with Gasteiger partial charge in [-0.1, -0.05) is 53.0 Å². The van der Waals surface area contributed by atoms with E-state index in [-0.39, 0.29) is 4.90 Å². The number of carbonyl (C=O) groups excluding carboxylic acids is 1. The Morgan fingerprint density at radius 2 is 1.63 bits per heavy atom. The van der Waals surface area contributed by atoms with Crippen molar-refractivity contribution in [3.8, 4) is 5.69 Å². The summed E-state index contributed by atoms with van der Waals surface area (Å²) >= 11 is 18.2. The Balaban J connectivity index is 1.54. The van der Waals surface area contributed by atoms with E-state index < -0.39 is 22.5 Å². The summed E-state index contributed by atoms with van der Waals surface area (Å²) in [5.41, 5.74) is 6.12. The van der Waals surface area contributed by atoms with Gasteiger partial charge in [-0.2, -0.15) is 5.10 Å². The molecule has 1 amide bonds. The molecule has 0 atom stereocenters. The first-order valence-corrected chi connectivity index (χ1v) is 13.9. The van der Waals surface area contributed by atoms with Gasteiger partial charge in [0.2, 0.25) is 0 Å². The second-order valence-corrected chi connectivity index (χ2v) is 11.5. The maximum absolute atomic E-state index is 13.4. The van der Waals surface area contributed by atoms with Crippen LogP contribution >= 0.6 is 34.8 Å². The van der Waals surface area contributed by atoms with Crippen molar-refractivity contribution >= 4 is 62.6 Å². The molecule has 3 aromatic carbocycles. The molecule has 0 saturated carbocycles. The minimum absolute atomic E-state index is 0.0565. The van der Waals surface area contributed by atoms with Gasteiger partial charge in [0, 0.05) is 27.7 Å². The number of hydrazone groups is 1. The van der Waals surface area contributed by atoms with Crippen LogP contribution in [0.15, 0.2) is 88.9 Å². The Labute approximate surface area is 236 Å². The van der Waals surface area contributed by atoms with E-state index in [0.29, 0.717) is 20.8 Å². The van der Waals surface area contributed by atoms with Crippen molar-refractivity contribution in [2.45, 2.75) is 18.7 Å². The fourth-order valence-corrected chi connectivity index (χ4v) is 5.78. The van der Waals surface area contributed by atoms with Gasteiger partial charge in [0.1, 0.15) is 6.54 Å². The fraction of sp³-hybridized carbons (Fsp3) is 0.111. The highest BCUT2D eigenvalue weighted by molar-refractivity contribution is 7.92. The molecule has 0 radical (unpaired) electrons. The highest BCUT2D eigenvalue weighted by Gasteiger charge is 2.27. The maximum atomic E-state index is 13.4. The summed E-state index contributed by atoms with van der Waals surface area (Å²) in [6.45, 7) is 3.36. The molecule has 0 aliphatic heterocycles. The van der Waals surface area contributed by atoms with Crippen LogP contribution in [-0.2, 0) is 14.8 Å². The lowest BCUT2D eigenvalue weighted by Crippen LogP contribution is -2.39. The van der Waals surface area contributed by atoms with Crippen LogP contribution < -0.4 is 9.73 Å². The molecule has 196 valence electrons. The molecule has 1 N–H and O–H groups in total. The number of sulfonamides is 1. The molecule has 0 unspecified atom stereocenters. The minimum atomic E-state index is -4.03. The number of anilines is 1. The zero-order valence-electron chi connectivity index (χ0n) is 20.4. The lowest BCUT2D eigenvalue weighted by atomic mass is 10.2. The summed E-state index contributed by atoms with van der Waals surface area (Å²) in [5, 5.41) is 5.42. The molecule has 0 bridgehead atoms. The number of hydrogen-bond donors (Lipinski definition) is 1. The largest absolute Gasteiger partial charge is 0.318 e. The Hall–Kier alpha value is -3.30. The zero-order chi connectivity index (χ0) is 27.4. The summed E-state index contributed by atoms with van der Waals surface area (Å²) in [5.74, 6) is -0.617. The predicted octanol–water partition coefficient (Wildman–Crippen LogP) is 6.40. The average molecular weight is 590 g/mol. The Morgan fingerprint density at radius 1 is 0.947 bits per heavy atom. The molecule has 4 aromatic rings. The number of benzene rings is 3. The van der Waals surface area contributed by atoms with E-state index in [4.69, 9.17) is 34.8 Å². The van der Waals surface area contributed by atoms with Crippen molar-refractivity contribution in [1.82, 2.24) is 9.99 Å². The lowest BCUT2D eigenvalue weighted by Gasteiger charge is -2.23. The first-order valence-electron chi connectivity index (χ1n) is 11.4. The standard InChI is InChI=1S/C27H23Cl3N4O3S/c1-18-14-20(19(2)34(18)23-12-13-25(29)26(30)15-23)16-31-32-27(35)17-33(22-10-8-21(28)9-11-22)38(36,37)24-6-4-3-5-7-24/h3-16H,17H2,1-2H3,(H,32,35)/b31-16-. The van der Waals surface area contributed by atoms with Gasteiger partial charge in [-0.3, -0.25) is 9.10 Å². The minimum Gasteiger partial charge on any atom is -0.318 e. The first kappa shape index (κ1) is 27.7. The van der Waals surface area contributed by atoms with E-state index in [1.54, 1.807) is 42.5 Å². The smallest absolute Gasteiger partial charge is 0.264 e. The number of amides is 1. The molecule has 11 heteroatoms. The highest BCUT2D eigenvalue weighted by Crippen LogP contribution is 2.28. The van der Waals surface area contributed by atoms with Gasteiger partial charge in [-0.15, -0.1) is 0 Å². The van der Waals surface area contributed by atoms with Gasteiger partial charge in [-0.05, 0) is 74.5 Å². The van der Waals surface area contributed by atoms with Gasteiger partial charge in [0.25, 0.3) is 15.9 Å². The number of aryl methyl sites for hydroxylation is 1. The van der Waals surface area contributed by atoms with E-state index in [0.717, 1.165) is 26.9 Å². The van der Waals surface area contributed by atoms with Crippen molar-refractivity contribution in [3.05, 3.63) is 111 Å². The summed E-state index contributed by atoms with van der Waals surface area (Å²) < 4.78 is 29.7. The number of nitrogens with zero attached hydrogens (tertiary/aromatic N) is 3. The molecule has 0 saturated heterocycles. The quantitative estimate of drug-likeness (QED) is 0.191. The van der Waals surface area contributed by atoms with Crippen LogP contribution in [0.2, 0.25) is 15.1 Å². The molecule has 38 heavy (non-hydrogen) atoms. The van der Waals surface area contributed by atoms with Gasteiger partial charge in [0.15, 0.2) is 0 Å². The highest BCUT2D eigenvalue weighted by atomic mass is 35.5. The van der Waals surface area contributed by atoms with E-state index in [1.807, 2.05) is 30.5 Å². The van der Waals surface area contributed by atoms with Gasteiger partial charge >= 0.3 is 0 Å². The van der Waals surface area contributed by atoms with Gasteiger partial charge < -0.3 is 4.57 Å². The summed E-state index contributed by atoms with van der Waals surface area (Å²) in [4.78, 5) is 12.9. The summed E-state index contributed by atoms with van der Waals surface area (Å²) in [7, 11) is -4.03. The lowest BCUT2D eigenvalue weighted by molar-refractivity contribution is -0.119. The molecular formula is C27H23Cl3N4O3S. The second-order valence-electron chi connectivity index (χ2n) is 8.35. The molecule has 0 fully saturated rings. The van der Waals surface area contributed by atoms with Crippen molar-refractivity contribution in [1.29, 1.82) is 0 Å². The molecular weight excluding hydrogens is 567 g/mol.